The van der Waals surface area contributed by atoms with E-state index in [0.717, 1.165) is 17.0 Å². The summed E-state index contributed by atoms with van der Waals surface area (Å²) in [5, 5.41) is 14.0. The van der Waals surface area contributed by atoms with Gasteiger partial charge in [0.1, 0.15) is 0 Å². The summed E-state index contributed by atoms with van der Waals surface area (Å²) in [5.41, 5.74) is 3.72. The van der Waals surface area contributed by atoms with Gasteiger partial charge in [0.05, 0.1) is 24.4 Å². The van der Waals surface area contributed by atoms with Crippen LogP contribution in [-0.2, 0) is 17.7 Å². The fraction of sp³-hybridized carbons (Fsp3) is 0.211. The van der Waals surface area contributed by atoms with Crippen molar-refractivity contribution in [2.24, 2.45) is 0 Å². The number of ether oxygens (including phenoxy) is 1. The molecule has 0 amide bonds. The molecule has 0 aliphatic heterocycles. The topological polar surface area (TPSA) is 77.2 Å². The number of hydrogen-bond acceptors (Lipinski definition) is 4. The van der Waals surface area contributed by atoms with Crippen molar-refractivity contribution in [2.45, 2.75) is 13.0 Å². The average Bonchev–Trinajstić information content (AvgIpc) is 3.04. The molecule has 6 nitrogen and oxygen atoms in total. The maximum Gasteiger partial charge on any atom is 0.336 e. The Morgan fingerprint density at radius 2 is 2.04 bits per heavy atom. The van der Waals surface area contributed by atoms with Crippen molar-refractivity contribution < 1.29 is 14.6 Å². The van der Waals surface area contributed by atoms with Crippen LogP contribution in [0.15, 0.2) is 54.9 Å². The van der Waals surface area contributed by atoms with E-state index in [-0.39, 0.29) is 5.56 Å². The summed E-state index contributed by atoms with van der Waals surface area (Å²) in [7, 11) is 1.64. The number of aromatic carboxylic acids is 1. The van der Waals surface area contributed by atoms with Crippen molar-refractivity contribution in [3.05, 3.63) is 71.7 Å². The highest BCUT2D eigenvalue weighted by atomic mass is 16.5. The largest absolute Gasteiger partial charge is 0.478 e. The van der Waals surface area contributed by atoms with Crippen LogP contribution in [0.5, 0.6) is 0 Å². The first kappa shape index (κ1) is 16.9. The Labute approximate surface area is 145 Å². The van der Waals surface area contributed by atoms with E-state index < -0.39 is 5.97 Å². The molecule has 0 atom stereocenters. The Bertz CT molecular complexity index is 859. The van der Waals surface area contributed by atoms with Gasteiger partial charge in [-0.05, 0) is 17.7 Å². The van der Waals surface area contributed by atoms with Crippen LogP contribution in [0.25, 0.3) is 11.3 Å². The number of carbonyl (C=O) groups is 1. The van der Waals surface area contributed by atoms with Crippen molar-refractivity contribution in [1.82, 2.24) is 14.8 Å². The van der Waals surface area contributed by atoms with Gasteiger partial charge in [0.2, 0.25) is 0 Å². The summed E-state index contributed by atoms with van der Waals surface area (Å²) in [6.07, 6.45) is 3.53. The zero-order valence-corrected chi connectivity index (χ0v) is 13.9. The van der Waals surface area contributed by atoms with E-state index in [9.17, 15) is 9.90 Å². The highest BCUT2D eigenvalue weighted by Gasteiger charge is 2.15. The van der Waals surface area contributed by atoms with Crippen LogP contribution >= 0.6 is 0 Å². The molecule has 0 aliphatic carbocycles. The number of aromatic nitrogens is 3. The first-order valence-electron chi connectivity index (χ1n) is 7.96. The number of pyridine rings is 1. The Morgan fingerprint density at radius 1 is 1.24 bits per heavy atom. The number of rotatable bonds is 7. The maximum absolute atomic E-state index is 11.4. The van der Waals surface area contributed by atoms with E-state index >= 15 is 0 Å². The molecular formula is C19H19N3O3. The highest BCUT2D eigenvalue weighted by Crippen LogP contribution is 2.21. The molecule has 0 radical (unpaired) electrons. The smallest absolute Gasteiger partial charge is 0.336 e. The number of nitrogens with zero attached hydrogens (tertiary/aromatic N) is 3. The van der Waals surface area contributed by atoms with Crippen molar-refractivity contribution in [3.63, 3.8) is 0 Å². The zero-order valence-electron chi connectivity index (χ0n) is 13.9. The summed E-state index contributed by atoms with van der Waals surface area (Å²) in [4.78, 5) is 15.5. The van der Waals surface area contributed by atoms with Gasteiger partial charge in [-0.1, -0.05) is 30.3 Å². The SMILES string of the molecule is COCCn1nc(-c2ccccc2)cc1Cc1cnccc1C(=O)O. The molecule has 0 aliphatic rings. The number of hydrogen-bond donors (Lipinski definition) is 1. The van der Waals surface area contributed by atoms with E-state index in [0.29, 0.717) is 25.1 Å². The molecule has 0 saturated heterocycles. The van der Waals surface area contributed by atoms with Gasteiger partial charge in [0, 0.05) is 37.2 Å². The van der Waals surface area contributed by atoms with Crippen molar-refractivity contribution in [1.29, 1.82) is 0 Å². The molecule has 1 N–H and O–H groups in total. The minimum absolute atomic E-state index is 0.260. The molecule has 0 fully saturated rings. The quantitative estimate of drug-likeness (QED) is 0.717. The lowest BCUT2D eigenvalue weighted by molar-refractivity contribution is 0.0695. The third-order valence-corrected chi connectivity index (χ3v) is 3.95. The first-order chi connectivity index (χ1) is 12.2. The fourth-order valence-electron chi connectivity index (χ4n) is 2.69. The number of carboxylic acid groups (broad SMARTS) is 1. The average molecular weight is 337 g/mol. The van der Waals surface area contributed by atoms with Gasteiger partial charge in [-0.2, -0.15) is 5.10 Å². The predicted molar refractivity (Wildman–Crippen MR) is 93.5 cm³/mol. The molecule has 2 heterocycles. The molecule has 0 unspecified atom stereocenters. The normalized spacial score (nSPS) is 10.8. The van der Waals surface area contributed by atoms with Crippen LogP contribution in [0.3, 0.4) is 0 Å². The lowest BCUT2D eigenvalue weighted by Gasteiger charge is -2.08. The summed E-state index contributed by atoms with van der Waals surface area (Å²) in [6.45, 7) is 1.13. The van der Waals surface area contributed by atoms with Crippen molar-refractivity contribution in [2.75, 3.05) is 13.7 Å². The van der Waals surface area contributed by atoms with E-state index in [1.54, 1.807) is 13.3 Å². The molecule has 128 valence electrons. The Morgan fingerprint density at radius 3 is 2.76 bits per heavy atom. The van der Waals surface area contributed by atoms with Crippen LogP contribution in [-0.4, -0.2) is 39.6 Å². The van der Waals surface area contributed by atoms with Crippen molar-refractivity contribution in [3.8, 4) is 11.3 Å². The maximum atomic E-state index is 11.4. The van der Waals surface area contributed by atoms with Crippen molar-refractivity contribution >= 4 is 5.97 Å². The van der Waals surface area contributed by atoms with Gasteiger partial charge < -0.3 is 9.84 Å². The van der Waals surface area contributed by atoms with Crippen LogP contribution in [0.2, 0.25) is 0 Å². The molecule has 3 rings (SSSR count). The molecule has 6 heteroatoms. The second-order valence-corrected chi connectivity index (χ2v) is 5.62. The van der Waals surface area contributed by atoms with Gasteiger partial charge in [0.25, 0.3) is 0 Å². The molecule has 1 aromatic carbocycles. The third-order valence-electron chi connectivity index (χ3n) is 3.95. The van der Waals surface area contributed by atoms with E-state index in [4.69, 9.17) is 4.74 Å². The molecule has 0 saturated carbocycles. The Hall–Kier alpha value is -2.99. The number of benzene rings is 1. The number of methoxy groups -OCH3 is 1. The number of carboxylic acids is 1. The molecule has 25 heavy (non-hydrogen) atoms. The van der Waals surface area contributed by atoms with Gasteiger partial charge in [-0.15, -0.1) is 0 Å². The van der Waals surface area contributed by atoms with Crippen LogP contribution in [0, 0.1) is 0 Å². The second-order valence-electron chi connectivity index (χ2n) is 5.62. The van der Waals surface area contributed by atoms with Crippen LogP contribution in [0.1, 0.15) is 21.6 Å². The molecule has 0 bridgehead atoms. The lowest BCUT2D eigenvalue weighted by atomic mass is 10.0. The Kier molecular flexibility index (Phi) is 5.20. The first-order valence-corrected chi connectivity index (χ1v) is 7.96. The Balaban J connectivity index is 1.97. The predicted octanol–water partition coefficient (Wildman–Crippen LogP) is 2.88. The van der Waals surface area contributed by atoms with E-state index in [1.807, 2.05) is 41.1 Å². The zero-order chi connectivity index (χ0) is 17.6. The monoisotopic (exact) mass is 337 g/mol. The standard InChI is InChI=1S/C19H19N3O3/c1-25-10-9-22-16(11-15-13-20-8-7-17(15)19(23)24)12-18(21-22)14-5-3-2-4-6-14/h2-8,12-13H,9-11H2,1H3,(H,23,24). The van der Waals surface area contributed by atoms with E-state index in [1.165, 1.54) is 12.3 Å². The summed E-state index contributed by atoms with van der Waals surface area (Å²) < 4.78 is 7.03. The second kappa shape index (κ2) is 7.72. The van der Waals surface area contributed by atoms with Crippen LogP contribution in [0.4, 0.5) is 0 Å². The van der Waals surface area contributed by atoms with Gasteiger partial charge >= 0.3 is 5.97 Å². The molecular weight excluding hydrogens is 318 g/mol. The molecule has 3 aromatic rings. The highest BCUT2D eigenvalue weighted by molar-refractivity contribution is 5.89. The summed E-state index contributed by atoms with van der Waals surface area (Å²) >= 11 is 0. The lowest BCUT2D eigenvalue weighted by Crippen LogP contribution is -2.11. The van der Waals surface area contributed by atoms with Gasteiger partial charge in [-0.3, -0.25) is 9.67 Å². The molecule has 0 spiro atoms. The summed E-state index contributed by atoms with van der Waals surface area (Å²) in [6, 6.07) is 13.4. The van der Waals surface area contributed by atoms with Crippen LogP contribution < -0.4 is 0 Å². The van der Waals surface area contributed by atoms with Gasteiger partial charge in [-0.25, -0.2) is 4.79 Å². The minimum Gasteiger partial charge on any atom is -0.478 e. The van der Waals surface area contributed by atoms with Gasteiger partial charge in [0.15, 0.2) is 0 Å². The third kappa shape index (κ3) is 3.92. The fourth-order valence-corrected chi connectivity index (χ4v) is 2.69. The summed E-state index contributed by atoms with van der Waals surface area (Å²) in [5.74, 6) is -0.955. The van der Waals surface area contributed by atoms with E-state index in [2.05, 4.69) is 10.1 Å². The molecule has 2 aromatic heterocycles. The minimum atomic E-state index is -0.955.